The van der Waals surface area contributed by atoms with Gasteiger partial charge in [0.2, 0.25) is 0 Å². The first-order valence-corrected chi connectivity index (χ1v) is 9.18. The topological polar surface area (TPSA) is 100 Å². The Labute approximate surface area is 191 Å². The highest BCUT2D eigenvalue weighted by Crippen LogP contribution is 2.17. The fraction of sp³-hybridized carbons (Fsp3) is 0.350. The van der Waals surface area contributed by atoms with Crippen LogP contribution < -0.4 is 10.1 Å². The van der Waals surface area contributed by atoms with Crippen LogP contribution in [0.1, 0.15) is 12.5 Å². The van der Waals surface area contributed by atoms with Gasteiger partial charge in [0, 0.05) is 32.3 Å². The Morgan fingerprint density at radius 1 is 1.33 bits per heavy atom. The molecule has 1 unspecified atom stereocenters. The molecule has 8 nitrogen and oxygen atoms in total. The van der Waals surface area contributed by atoms with Crippen molar-refractivity contribution in [3.63, 3.8) is 0 Å². The summed E-state index contributed by atoms with van der Waals surface area (Å²) in [5.41, 5.74) is 0.777. The summed E-state index contributed by atoms with van der Waals surface area (Å²) in [4.78, 5) is 16.4. The van der Waals surface area contributed by atoms with E-state index in [0.717, 1.165) is 5.56 Å². The standard InChI is InChI=1S/C20H25FN4O4.HI/c1-3-22-20(24(2)13-15-5-4-6-16(21)11-15)23-12-18(26)14-29-19-9-7-17(8-10-19)25(27)28;/h4-11,18,26H,3,12-14H2,1-2H3,(H,22,23);1H. The number of rotatable bonds is 9. The summed E-state index contributed by atoms with van der Waals surface area (Å²) in [5.74, 6) is 0.705. The number of aliphatic imine (C=N–C) groups is 1. The van der Waals surface area contributed by atoms with Crippen LogP contribution in [-0.2, 0) is 6.54 Å². The van der Waals surface area contributed by atoms with Crippen LogP contribution in [0, 0.1) is 15.9 Å². The smallest absolute Gasteiger partial charge is 0.269 e. The minimum Gasteiger partial charge on any atom is -0.491 e. The molecule has 0 aliphatic carbocycles. The van der Waals surface area contributed by atoms with Crippen molar-refractivity contribution in [2.45, 2.75) is 19.6 Å². The number of nitrogens with zero attached hydrogens (tertiary/aromatic N) is 3. The number of hydrogen-bond donors (Lipinski definition) is 2. The fourth-order valence-electron chi connectivity index (χ4n) is 2.55. The molecular weight excluding hydrogens is 506 g/mol. The van der Waals surface area contributed by atoms with Gasteiger partial charge in [0.25, 0.3) is 5.69 Å². The van der Waals surface area contributed by atoms with E-state index in [4.69, 9.17) is 4.74 Å². The van der Waals surface area contributed by atoms with E-state index in [1.165, 1.54) is 36.4 Å². The van der Waals surface area contributed by atoms with Crippen LogP contribution >= 0.6 is 24.0 Å². The molecule has 164 valence electrons. The summed E-state index contributed by atoms with van der Waals surface area (Å²) in [5, 5.41) is 23.9. The van der Waals surface area contributed by atoms with Crippen molar-refractivity contribution in [1.29, 1.82) is 0 Å². The molecule has 0 aliphatic rings. The number of non-ortho nitro benzene ring substituents is 1. The Balaban J connectivity index is 0.00000450. The Hall–Kier alpha value is -2.47. The van der Waals surface area contributed by atoms with Gasteiger partial charge < -0.3 is 20.1 Å². The Kier molecular flexibility index (Phi) is 11.0. The van der Waals surface area contributed by atoms with Gasteiger partial charge in [-0.25, -0.2) is 4.39 Å². The molecule has 0 radical (unpaired) electrons. The van der Waals surface area contributed by atoms with Gasteiger partial charge >= 0.3 is 0 Å². The minimum atomic E-state index is -0.860. The average Bonchev–Trinajstić information content (AvgIpc) is 2.69. The zero-order valence-electron chi connectivity index (χ0n) is 16.8. The Bertz CT molecular complexity index is 836. The molecular formula is C20H26FIN4O4. The zero-order valence-corrected chi connectivity index (χ0v) is 19.2. The number of nitro groups is 1. The van der Waals surface area contributed by atoms with Crippen LogP contribution in [0.2, 0.25) is 0 Å². The molecule has 2 rings (SSSR count). The first-order valence-electron chi connectivity index (χ1n) is 9.18. The van der Waals surface area contributed by atoms with Crippen molar-refractivity contribution in [3.05, 3.63) is 70.0 Å². The van der Waals surface area contributed by atoms with E-state index in [9.17, 15) is 19.6 Å². The molecule has 0 amide bonds. The van der Waals surface area contributed by atoms with Crippen LogP contribution in [0.15, 0.2) is 53.5 Å². The van der Waals surface area contributed by atoms with Crippen molar-refractivity contribution < 1.29 is 19.2 Å². The van der Waals surface area contributed by atoms with E-state index in [1.54, 1.807) is 6.07 Å². The van der Waals surface area contributed by atoms with Gasteiger partial charge in [-0.1, -0.05) is 12.1 Å². The number of nitro benzene ring substituents is 1. The van der Waals surface area contributed by atoms with Crippen LogP contribution in [-0.4, -0.2) is 53.7 Å². The molecule has 2 N–H and O–H groups in total. The summed E-state index contributed by atoms with van der Waals surface area (Å²) in [7, 11) is 1.83. The molecule has 0 saturated carbocycles. The molecule has 0 fully saturated rings. The summed E-state index contributed by atoms with van der Waals surface area (Å²) in [6.45, 7) is 3.12. The third-order valence-corrected chi connectivity index (χ3v) is 3.95. The highest BCUT2D eigenvalue weighted by Gasteiger charge is 2.11. The number of guanidine groups is 1. The molecule has 2 aromatic carbocycles. The summed E-state index contributed by atoms with van der Waals surface area (Å²) in [6.07, 6.45) is -0.860. The predicted molar refractivity (Wildman–Crippen MR) is 124 cm³/mol. The molecule has 2 aromatic rings. The molecule has 0 saturated heterocycles. The van der Waals surface area contributed by atoms with E-state index < -0.39 is 11.0 Å². The largest absolute Gasteiger partial charge is 0.491 e. The number of benzene rings is 2. The molecule has 0 bridgehead atoms. The lowest BCUT2D eigenvalue weighted by molar-refractivity contribution is -0.384. The van der Waals surface area contributed by atoms with Crippen molar-refractivity contribution in [3.8, 4) is 5.75 Å². The highest BCUT2D eigenvalue weighted by molar-refractivity contribution is 14.0. The molecule has 10 heteroatoms. The van der Waals surface area contributed by atoms with E-state index in [0.29, 0.717) is 24.8 Å². The molecule has 0 aromatic heterocycles. The van der Waals surface area contributed by atoms with Gasteiger partial charge in [-0.15, -0.1) is 24.0 Å². The minimum absolute atomic E-state index is 0. The molecule has 1 atom stereocenters. The lowest BCUT2D eigenvalue weighted by atomic mass is 10.2. The summed E-state index contributed by atoms with van der Waals surface area (Å²) >= 11 is 0. The molecule has 30 heavy (non-hydrogen) atoms. The first kappa shape index (κ1) is 25.6. The zero-order chi connectivity index (χ0) is 21.2. The molecule has 0 heterocycles. The number of halogens is 2. The van der Waals surface area contributed by atoms with Gasteiger partial charge in [0.1, 0.15) is 24.3 Å². The van der Waals surface area contributed by atoms with Gasteiger partial charge in [0.05, 0.1) is 11.5 Å². The third-order valence-electron chi connectivity index (χ3n) is 3.95. The van der Waals surface area contributed by atoms with Crippen LogP contribution in [0.4, 0.5) is 10.1 Å². The lowest BCUT2D eigenvalue weighted by Crippen LogP contribution is -2.39. The second-order valence-corrected chi connectivity index (χ2v) is 6.40. The summed E-state index contributed by atoms with van der Waals surface area (Å²) in [6, 6.07) is 12.0. The second kappa shape index (κ2) is 13.0. The molecule has 0 aliphatic heterocycles. The average molecular weight is 532 g/mol. The lowest BCUT2D eigenvalue weighted by Gasteiger charge is -2.22. The normalized spacial score (nSPS) is 11.9. The number of ether oxygens (including phenoxy) is 1. The predicted octanol–water partition coefficient (Wildman–Crippen LogP) is 3.19. The Morgan fingerprint density at radius 3 is 2.63 bits per heavy atom. The van der Waals surface area contributed by atoms with Crippen molar-refractivity contribution in [2.24, 2.45) is 4.99 Å². The second-order valence-electron chi connectivity index (χ2n) is 6.40. The van der Waals surface area contributed by atoms with Gasteiger partial charge in [-0.3, -0.25) is 15.1 Å². The van der Waals surface area contributed by atoms with Gasteiger partial charge in [-0.2, -0.15) is 0 Å². The number of aliphatic hydroxyl groups excluding tert-OH is 1. The van der Waals surface area contributed by atoms with Crippen LogP contribution in [0.5, 0.6) is 5.75 Å². The van der Waals surface area contributed by atoms with Crippen molar-refractivity contribution >= 4 is 35.6 Å². The van der Waals surface area contributed by atoms with E-state index in [1.807, 2.05) is 24.9 Å². The number of aliphatic hydroxyl groups is 1. The van der Waals surface area contributed by atoms with Crippen LogP contribution in [0.3, 0.4) is 0 Å². The van der Waals surface area contributed by atoms with Crippen molar-refractivity contribution in [1.82, 2.24) is 10.2 Å². The Morgan fingerprint density at radius 2 is 2.03 bits per heavy atom. The van der Waals surface area contributed by atoms with E-state index in [2.05, 4.69) is 10.3 Å². The number of hydrogen-bond acceptors (Lipinski definition) is 5. The monoisotopic (exact) mass is 532 g/mol. The molecule has 0 spiro atoms. The SMILES string of the molecule is CCNC(=NCC(O)COc1ccc([N+](=O)[O-])cc1)N(C)Cc1cccc(F)c1.I. The van der Waals surface area contributed by atoms with Crippen molar-refractivity contribution in [2.75, 3.05) is 26.7 Å². The van der Waals surface area contributed by atoms with Gasteiger partial charge in [-0.05, 0) is 36.8 Å². The maximum absolute atomic E-state index is 13.4. The first-order chi connectivity index (χ1) is 13.9. The van der Waals surface area contributed by atoms with E-state index in [-0.39, 0.29) is 48.6 Å². The van der Waals surface area contributed by atoms with E-state index >= 15 is 0 Å². The quantitative estimate of drug-likeness (QED) is 0.169. The fourth-order valence-corrected chi connectivity index (χ4v) is 2.55. The van der Waals surface area contributed by atoms with Gasteiger partial charge in [0.15, 0.2) is 5.96 Å². The van der Waals surface area contributed by atoms with Crippen LogP contribution in [0.25, 0.3) is 0 Å². The number of nitrogens with one attached hydrogen (secondary N) is 1. The summed E-state index contributed by atoms with van der Waals surface area (Å²) < 4.78 is 18.8. The highest BCUT2D eigenvalue weighted by atomic mass is 127. The maximum Gasteiger partial charge on any atom is 0.269 e. The maximum atomic E-state index is 13.4. The third kappa shape index (κ3) is 8.49.